The molecule has 1 aromatic carbocycles. The second kappa shape index (κ2) is 5.44. The standard InChI is InChI=1S/C13H16N2O3/c1-16-11-6-4-9(7-12(11)17-2)3-5-10-8-18-13(14)15-10/h4,6-8H,3,5H2,1-2H3,(H2,14,15). The average Bonchev–Trinajstić information content (AvgIpc) is 2.81. The molecule has 0 saturated carbocycles. The number of ether oxygens (including phenoxy) is 2. The Morgan fingerprint density at radius 3 is 2.56 bits per heavy atom. The molecular weight excluding hydrogens is 232 g/mol. The van der Waals surface area contributed by atoms with Crippen molar-refractivity contribution in [3.8, 4) is 11.5 Å². The Morgan fingerprint density at radius 2 is 1.94 bits per heavy atom. The van der Waals surface area contributed by atoms with Gasteiger partial charge in [0.25, 0.3) is 6.01 Å². The van der Waals surface area contributed by atoms with Crippen LogP contribution < -0.4 is 15.2 Å². The van der Waals surface area contributed by atoms with Crippen LogP contribution in [0.1, 0.15) is 11.3 Å². The number of nitrogens with two attached hydrogens (primary N) is 1. The molecule has 0 atom stereocenters. The summed E-state index contributed by atoms with van der Waals surface area (Å²) in [6, 6.07) is 6.07. The minimum atomic E-state index is 0.206. The number of anilines is 1. The van der Waals surface area contributed by atoms with E-state index in [4.69, 9.17) is 19.6 Å². The van der Waals surface area contributed by atoms with Crippen molar-refractivity contribution in [1.29, 1.82) is 0 Å². The molecule has 0 aliphatic heterocycles. The summed E-state index contributed by atoms with van der Waals surface area (Å²) in [6.07, 6.45) is 3.19. The number of hydrogen-bond acceptors (Lipinski definition) is 5. The van der Waals surface area contributed by atoms with Crippen LogP contribution in [-0.2, 0) is 12.8 Å². The van der Waals surface area contributed by atoms with Crippen molar-refractivity contribution in [2.24, 2.45) is 0 Å². The first-order valence-electron chi connectivity index (χ1n) is 5.63. The molecular formula is C13H16N2O3. The normalized spacial score (nSPS) is 10.3. The van der Waals surface area contributed by atoms with E-state index < -0.39 is 0 Å². The van der Waals surface area contributed by atoms with Crippen LogP contribution in [-0.4, -0.2) is 19.2 Å². The Morgan fingerprint density at radius 1 is 1.17 bits per heavy atom. The molecule has 0 unspecified atom stereocenters. The third-order valence-corrected chi connectivity index (χ3v) is 2.69. The first kappa shape index (κ1) is 12.3. The third kappa shape index (κ3) is 2.74. The number of aromatic nitrogens is 1. The summed E-state index contributed by atoms with van der Waals surface area (Å²) in [5.41, 5.74) is 7.41. The van der Waals surface area contributed by atoms with Crippen LogP contribution in [0.4, 0.5) is 6.01 Å². The second-order valence-corrected chi connectivity index (χ2v) is 3.87. The van der Waals surface area contributed by atoms with Gasteiger partial charge in [-0.25, -0.2) is 0 Å². The van der Waals surface area contributed by atoms with E-state index in [0.29, 0.717) is 0 Å². The fourth-order valence-corrected chi connectivity index (χ4v) is 1.75. The molecule has 0 saturated heterocycles. The number of hydrogen-bond donors (Lipinski definition) is 1. The van der Waals surface area contributed by atoms with Gasteiger partial charge in [-0.1, -0.05) is 6.07 Å². The highest BCUT2D eigenvalue weighted by Gasteiger charge is 2.06. The van der Waals surface area contributed by atoms with Crippen molar-refractivity contribution >= 4 is 6.01 Å². The summed E-state index contributed by atoms with van der Waals surface area (Å²) < 4.78 is 15.4. The van der Waals surface area contributed by atoms with E-state index in [1.165, 1.54) is 0 Å². The van der Waals surface area contributed by atoms with E-state index in [1.807, 2.05) is 18.2 Å². The summed E-state index contributed by atoms with van der Waals surface area (Å²) in [5.74, 6) is 1.46. The quantitative estimate of drug-likeness (QED) is 0.877. The largest absolute Gasteiger partial charge is 0.493 e. The zero-order valence-corrected chi connectivity index (χ0v) is 10.5. The second-order valence-electron chi connectivity index (χ2n) is 3.87. The van der Waals surface area contributed by atoms with Gasteiger partial charge in [0.1, 0.15) is 6.26 Å². The van der Waals surface area contributed by atoms with Gasteiger partial charge in [0.15, 0.2) is 11.5 Å². The van der Waals surface area contributed by atoms with E-state index in [-0.39, 0.29) is 6.01 Å². The topological polar surface area (TPSA) is 70.5 Å². The number of aryl methyl sites for hydroxylation is 2. The van der Waals surface area contributed by atoms with E-state index in [2.05, 4.69) is 4.98 Å². The molecule has 1 aromatic heterocycles. The van der Waals surface area contributed by atoms with Gasteiger partial charge in [-0.2, -0.15) is 4.98 Å². The van der Waals surface area contributed by atoms with Crippen LogP contribution in [0.25, 0.3) is 0 Å². The molecule has 5 nitrogen and oxygen atoms in total. The maximum absolute atomic E-state index is 5.42. The lowest BCUT2D eigenvalue weighted by molar-refractivity contribution is 0.354. The molecule has 2 N–H and O–H groups in total. The first-order valence-corrected chi connectivity index (χ1v) is 5.63. The van der Waals surface area contributed by atoms with Crippen molar-refractivity contribution in [1.82, 2.24) is 4.98 Å². The lowest BCUT2D eigenvalue weighted by atomic mass is 10.1. The van der Waals surface area contributed by atoms with E-state index >= 15 is 0 Å². The zero-order chi connectivity index (χ0) is 13.0. The summed E-state index contributed by atoms with van der Waals surface area (Å²) in [7, 11) is 3.25. The molecule has 0 amide bonds. The molecule has 0 bridgehead atoms. The monoisotopic (exact) mass is 248 g/mol. The molecule has 2 rings (SSSR count). The maximum Gasteiger partial charge on any atom is 0.292 e. The SMILES string of the molecule is COc1ccc(CCc2coc(N)n2)cc1OC. The van der Waals surface area contributed by atoms with Crippen molar-refractivity contribution in [2.45, 2.75) is 12.8 Å². The number of methoxy groups -OCH3 is 2. The predicted molar refractivity (Wildman–Crippen MR) is 67.9 cm³/mol. The number of nitrogen functional groups attached to an aromatic ring is 1. The molecule has 96 valence electrons. The summed E-state index contributed by atoms with van der Waals surface area (Å²) in [6.45, 7) is 0. The van der Waals surface area contributed by atoms with Gasteiger partial charge in [0, 0.05) is 0 Å². The van der Waals surface area contributed by atoms with Crippen molar-refractivity contribution < 1.29 is 13.9 Å². The highest BCUT2D eigenvalue weighted by molar-refractivity contribution is 5.43. The molecule has 0 radical (unpaired) electrons. The third-order valence-electron chi connectivity index (χ3n) is 2.69. The van der Waals surface area contributed by atoms with Crippen LogP contribution >= 0.6 is 0 Å². The fraction of sp³-hybridized carbons (Fsp3) is 0.308. The predicted octanol–water partition coefficient (Wildman–Crippen LogP) is 2.06. The minimum absolute atomic E-state index is 0.206. The Balaban J connectivity index is 2.05. The van der Waals surface area contributed by atoms with Crippen molar-refractivity contribution in [3.63, 3.8) is 0 Å². The van der Waals surface area contributed by atoms with Gasteiger partial charge in [-0.05, 0) is 30.5 Å². The summed E-state index contributed by atoms with van der Waals surface area (Å²) in [5, 5.41) is 0. The molecule has 2 aromatic rings. The highest BCUT2D eigenvalue weighted by Crippen LogP contribution is 2.27. The minimum Gasteiger partial charge on any atom is -0.493 e. The van der Waals surface area contributed by atoms with Gasteiger partial charge in [0.05, 0.1) is 19.9 Å². The van der Waals surface area contributed by atoms with Crippen molar-refractivity contribution in [3.05, 3.63) is 35.7 Å². The zero-order valence-electron chi connectivity index (χ0n) is 10.5. The smallest absolute Gasteiger partial charge is 0.292 e. The van der Waals surface area contributed by atoms with Crippen LogP contribution in [0, 0.1) is 0 Å². The molecule has 0 aliphatic carbocycles. The Labute approximate surface area is 106 Å². The number of rotatable bonds is 5. The van der Waals surface area contributed by atoms with Gasteiger partial charge < -0.3 is 19.6 Å². The number of nitrogens with zero attached hydrogens (tertiary/aromatic N) is 1. The molecule has 18 heavy (non-hydrogen) atoms. The Bertz CT molecular complexity index is 523. The lowest BCUT2D eigenvalue weighted by Crippen LogP contribution is -1.95. The molecule has 0 spiro atoms. The van der Waals surface area contributed by atoms with Crippen LogP contribution in [0.2, 0.25) is 0 Å². The van der Waals surface area contributed by atoms with Crippen LogP contribution in [0.5, 0.6) is 11.5 Å². The van der Waals surface area contributed by atoms with Crippen LogP contribution in [0.15, 0.2) is 28.9 Å². The average molecular weight is 248 g/mol. The molecule has 0 fully saturated rings. The van der Waals surface area contributed by atoms with E-state index in [1.54, 1.807) is 20.5 Å². The maximum atomic E-state index is 5.42. The van der Waals surface area contributed by atoms with E-state index in [0.717, 1.165) is 35.6 Å². The van der Waals surface area contributed by atoms with Gasteiger partial charge in [0.2, 0.25) is 0 Å². The first-order chi connectivity index (χ1) is 8.72. The molecule has 0 aliphatic rings. The van der Waals surface area contributed by atoms with Gasteiger partial charge >= 0.3 is 0 Å². The van der Waals surface area contributed by atoms with Crippen LogP contribution in [0.3, 0.4) is 0 Å². The number of benzene rings is 1. The Hall–Kier alpha value is -2.17. The fourth-order valence-electron chi connectivity index (χ4n) is 1.75. The number of oxazole rings is 1. The Kier molecular flexibility index (Phi) is 3.72. The van der Waals surface area contributed by atoms with E-state index in [9.17, 15) is 0 Å². The highest BCUT2D eigenvalue weighted by atomic mass is 16.5. The lowest BCUT2D eigenvalue weighted by Gasteiger charge is -2.09. The molecule has 5 heteroatoms. The van der Waals surface area contributed by atoms with Gasteiger partial charge in [-0.3, -0.25) is 0 Å². The summed E-state index contributed by atoms with van der Waals surface area (Å²) >= 11 is 0. The summed E-state index contributed by atoms with van der Waals surface area (Å²) in [4.78, 5) is 4.06. The van der Waals surface area contributed by atoms with Crippen molar-refractivity contribution in [2.75, 3.05) is 20.0 Å². The molecule has 1 heterocycles. The van der Waals surface area contributed by atoms with Gasteiger partial charge in [-0.15, -0.1) is 0 Å².